The average Bonchev–Trinajstić information content (AvgIpc) is 3.88. The van der Waals surface area contributed by atoms with E-state index in [9.17, 15) is 0 Å². The van der Waals surface area contributed by atoms with Crippen LogP contribution in [-0.2, 0) is 10.8 Å². The third-order valence-corrected chi connectivity index (χ3v) is 14.8. The van der Waals surface area contributed by atoms with Crippen LogP contribution in [0.15, 0.2) is 241 Å². The Morgan fingerprint density at radius 3 is 1.70 bits per heavy atom. The van der Waals surface area contributed by atoms with Gasteiger partial charge in [-0.15, -0.1) is 0 Å². The molecule has 0 spiro atoms. The molecular formula is C67H53NO. The van der Waals surface area contributed by atoms with Gasteiger partial charge in [-0.05, 0) is 133 Å². The van der Waals surface area contributed by atoms with Crippen molar-refractivity contribution in [2.45, 2.75) is 44.9 Å². The molecule has 0 amide bonds. The molecular weight excluding hydrogens is 835 g/mol. The standard InChI is InChI=1S/C67H53NO/c1-44-41-60-54(58-43-50(46-21-11-7-12-22-46)42-57(64(58)67(60,4)5)48-23-13-8-14-24-48)39-40-66(2,3)59-28-18-29-61(63(44)59)68(51-35-31-47(32-36-51)45-19-9-6-10-20-45)52-37-33-49(34-38-52)53-26-17-27-56-55-25-15-16-30-62(55)69-65(53)56/h6-39,41-43H,1,40H2,2-5H3/b54-39-,60-41+. The Bertz CT molecular complexity index is 3660. The summed E-state index contributed by atoms with van der Waals surface area (Å²) in [5, 5.41) is 2.26. The van der Waals surface area contributed by atoms with Crippen molar-refractivity contribution in [3.63, 3.8) is 0 Å². The molecule has 332 valence electrons. The van der Waals surface area contributed by atoms with E-state index >= 15 is 0 Å². The van der Waals surface area contributed by atoms with Gasteiger partial charge in [0.05, 0.1) is 5.69 Å². The number of nitrogens with zero attached hydrogens (tertiary/aromatic N) is 1. The predicted octanol–water partition coefficient (Wildman–Crippen LogP) is 18.7. The van der Waals surface area contributed by atoms with Crippen LogP contribution in [0.5, 0.6) is 0 Å². The smallest absolute Gasteiger partial charge is 0.143 e. The Kier molecular flexibility index (Phi) is 10.1. The van der Waals surface area contributed by atoms with Crippen molar-refractivity contribution in [1.29, 1.82) is 0 Å². The third kappa shape index (κ3) is 7.18. The summed E-state index contributed by atoms with van der Waals surface area (Å²) in [6, 6.07) is 76.8. The van der Waals surface area contributed by atoms with Crippen molar-refractivity contribution in [2.24, 2.45) is 0 Å². The topological polar surface area (TPSA) is 16.4 Å². The van der Waals surface area contributed by atoms with Crippen LogP contribution in [0.3, 0.4) is 0 Å². The average molecular weight is 888 g/mol. The quantitative estimate of drug-likeness (QED) is 0.159. The maximum atomic E-state index is 6.52. The van der Waals surface area contributed by atoms with Crippen LogP contribution < -0.4 is 4.90 Å². The minimum absolute atomic E-state index is 0.241. The number of fused-ring (bicyclic) bond motifs is 7. The molecule has 2 aliphatic rings. The van der Waals surface area contributed by atoms with E-state index in [0.29, 0.717) is 0 Å². The summed E-state index contributed by atoms with van der Waals surface area (Å²) < 4.78 is 6.52. The molecule has 0 saturated carbocycles. The van der Waals surface area contributed by atoms with Gasteiger partial charge in [0.25, 0.3) is 0 Å². The summed E-state index contributed by atoms with van der Waals surface area (Å²) in [6.45, 7) is 14.7. The number of hydrogen-bond acceptors (Lipinski definition) is 2. The molecule has 1 aromatic heterocycles. The molecule has 10 aromatic rings. The fourth-order valence-electron chi connectivity index (χ4n) is 11.2. The number of allylic oxidation sites excluding steroid dienone is 5. The molecule has 0 N–H and O–H groups in total. The molecule has 69 heavy (non-hydrogen) atoms. The molecule has 0 fully saturated rings. The Morgan fingerprint density at radius 1 is 0.478 bits per heavy atom. The van der Waals surface area contributed by atoms with Crippen LogP contribution in [0, 0.1) is 0 Å². The van der Waals surface area contributed by atoms with Crippen LogP contribution >= 0.6 is 0 Å². The van der Waals surface area contributed by atoms with Gasteiger partial charge < -0.3 is 9.32 Å². The van der Waals surface area contributed by atoms with E-state index in [0.717, 1.165) is 67.7 Å². The lowest BCUT2D eigenvalue weighted by Gasteiger charge is -2.33. The van der Waals surface area contributed by atoms with Gasteiger partial charge in [0.1, 0.15) is 11.2 Å². The van der Waals surface area contributed by atoms with E-state index in [4.69, 9.17) is 11.0 Å². The molecule has 0 saturated heterocycles. The molecule has 9 aromatic carbocycles. The van der Waals surface area contributed by atoms with E-state index in [-0.39, 0.29) is 10.8 Å². The number of benzene rings is 9. The van der Waals surface area contributed by atoms with Crippen LogP contribution in [0.4, 0.5) is 17.1 Å². The van der Waals surface area contributed by atoms with E-state index < -0.39 is 0 Å². The van der Waals surface area contributed by atoms with E-state index in [2.05, 4.69) is 245 Å². The van der Waals surface area contributed by atoms with E-state index in [1.54, 1.807) is 0 Å². The summed E-state index contributed by atoms with van der Waals surface area (Å²) in [5.41, 5.74) is 22.7. The van der Waals surface area contributed by atoms with Crippen LogP contribution in [0.2, 0.25) is 0 Å². The molecule has 0 aliphatic heterocycles. The number of furan rings is 1. The zero-order chi connectivity index (χ0) is 46.9. The Labute approximate surface area is 405 Å². The van der Waals surface area contributed by atoms with E-state index in [1.807, 2.05) is 12.1 Å². The van der Waals surface area contributed by atoms with Gasteiger partial charge in [0, 0.05) is 38.7 Å². The number of para-hydroxylation sites is 2. The second kappa shape index (κ2) is 16.5. The van der Waals surface area contributed by atoms with Gasteiger partial charge in [-0.2, -0.15) is 0 Å². The fraction of sp³-hybridized carbons (Fsp3) is 0.104. The van der Waals surface area contributed by atoms with Crippen molar-refractivity contribution in [1.82, 2.24) is 0 Å². The van der Waals surface area contributed by atoms with E-state index in [1.165, 1.54) is 61.2 Å². The van der Waals surface area contributed by atoms with Crippen molar-refractivity contribution in [2.75, 3.05) is 4.90 Å². The summed E-state index contributed by atoms with van der Waals surface area (Å²) in [4.78, 5) is 2.43. The first-order valence-corrected chi connectivity index (χ1v) is 24.2. The zero-order valence-electron chi connectivity index (χ0n) is 39.6. The first-order chi connectivity index (χ1) is 33.6. The Morgan fingerprint density at radius 2 is 1.01 bits per heavy atom. The van der Waals surface area contributed by atoms with Crippen molar-refractivity contribution in [3.8, 4) is 44.5 Å². The highest BCUT2D eigenvalue weighted by atomic mass is 16.3. The minimum Gasteiger partial charge on any atom is -0.455 e. The molecule has 2 heteroatoms. The SMILES string of the molecule is C=C1/C=C2\C(=C/CC(C)(C)c3cccc(N(c4ccc(-c5ccccc5)cc4)c4ccc(-c5cccc6c5oc5ccccc56)cc4)c31)c1cc(-c3ccccc3)cc(-c3ccccc3)c1C2(C)C. The fourth-order valence-corrected chi connectivity index (χ4v) is 11.2. The first kappa shape index (κ1) is 42.2. The zero-order valence-corrected chi connectivity index (χ0v) is 39.6. The Hall–Kier alpha value is -8.20. The van der Waals surface area contributed by atoms with Crippen molar-refractivity contribution in [3.05, 3.63) is 259 Å². The third-order valence-electron chi connectivity index (χ3n) is 14.8. The summed E-state index contributed by atoms with van der Waals surface area (Å²) >= 11 is 0. The molecule has 1 heterocycles. The minimum atomic E-state index is -0.320. The maximum absolute atomic E-state index is 6.52. The van der Waals surface area contributed by atoms with Crippen LogP contribution in [-0.4, -0.2) is 0 Å². The van der Waals surface area contributed by atoms with Gasteiger partial charge in [-0.3, -0.25) is 0 Å². The Balaban J connectivity index is 1.03. The molecule has 0 radical (unpaired) electrons. The lowest BCUT2D eigenvalue weighted by atomic mass is 9.76. The lowest BCUT2D eigenvalue weighted by molar-refractivity contribution is 0.533. The summed E-state index contributed by atoms with van der Waals surface area (Å²) in [7, 11) is 0. The second-order valence-corrected chi connectivity index (χ2v) is 19.9. The molecule has 2 nitrogen and oxygen atoms in total. The van der Waals surface area contributed by atoms with Crippen molar-refractivity contribution >= 4 is 50.1 Å². The normalized spacial score (nSPS) is 16.3. The molecule has 0 unspecified atom stereocenters. The summed E-state index contributed by atoms with van der Waals surface area (Å²) in [6.07, 6.45) is 5.79. The number of rotatable bonds is 7. The molecule has 0 bridgehead atoms. The van der Waals surface area contributed by atoms with Gasteiger partial charge >= 0.3 is 0 Å². The number of anilines is 3. The number of hydrogen-bond donors (Lipinski definition) is 0. The maximum Gasteiger partial charge on any atom is 0.143 e. The highest BCUT2D eigenvalue weighted by Crippen LogP contribution is 2.57. The van der Waals surface area contributed by atoms with Gasteiger partial charge in [0.2, 0.25) is 0 Å². The monoisotopic (exact) mass is 887 g/mol. The summed E-state index contributed by atoms with van der Waals surface area (Å²) in [5.74, 6) is 0. The van der Waals surface area contributed by atoms with Crippen molar-refractivity contribution < 1.29 is 4.42 Å². The second-order valence-electron chi connectivity index (χ2n) is 19.9. The van der Waals surface area contributed by atoms with Gasteiger partial charge in [-0.1, -0.05) is 210 Å². The molecule has 12 rings (SSSR count). The first-order valence-electron chi connectivity index (χ1n) is 24.2. The molecule has 0 atom stereocenters. The lowest BCUT2D eigenvalue weighted by Crippen LogP contribution is -2.21. The van der Waals surface area contributed by atoms with Crippen LogP contribution in [0.25, 0.3) is 77.6 Å². The molecule has 2 aliphatic carbocycles. The highest BCUT2D eigenvalue weighted by molar-refractivity contribution is 6.09. The van der Waals surface area contributed by atoms with Gasteiger partial charge in [-0.25, -0.2) is 0 Å². The van der Waals surface area contributed by atoms with Crippen LogP contribution in [0.1, 0.15) is 56.4 Å². The highest BCUT2D eigenvalue weighted by Gasteiger charge is 2.42. The van der Waals surface area contributed by atoms with Gasteiger partial charge in [0.15, 0.2) is 0 Å². The largest absolute Gasteiger partial charge is 0.455 e. The predicted molar refractivity (Wildman–Crippen MR) is 292 cm³/mol.